The van der Waals surface area contributed by atoms with Gasteiger partial charge in [0, 0.05) is 0 Å². The molecule has 0 radical (unpaired) electrons. The molecule has 0 heterocycles. The second-order valence-corrected chi connectivity index (χ2v) is 4.14. The molecular formula is C14H18N2O3. The molecule has 0 aromatic heterocycles. The lowest BCUT2D eigenvalue weighted by Crippen LogP contribution is -2.46. The SMILES string of the molecule is C=CCC[C@@H](NC(=O)[C@@H](O)c1ccccc1)C(N)=O. The predicted molar refractivity (Wildman–Crippen MR) is 72.0 cm³/mol. The van der Waals surface area contributed by atoms with E-state index in [1.54, 1.807) is 36.4 Å². The molecule has 2 atom stereocenters. The van der Waals surface area contributed by atoms with Crippen LogP contribution in [0.15, 0.2) is 43.0 Å². The molecule has 19 heavy (non-hydrogen) atoms. The van der Waals surface area contributed by atoms with Crippen molar-refractivity contribution in [2.75, 3.05) is 0 Å². The van der Waals surface area contributed by atoms with E-state index in [0.717, 1.165) is 0 Å². The van der Waals surface area contributed by atoms with E-state index < -0.39 is 24.0 Å². The summed E-state index contributed by atoms with van der Waals surface area (Å²) >= 11 is 0. The summed E-state index contributed by atoms with van der Waals surface area (Å²) in [5, 5.41) is 12.3. The number of allylic oxidation sites excluding steroid dienone is 1. The molecule has 1 rings (SSSR count). The molecule has 0 aliphatic rings. The minimum absolute atomic E-state index is 0.367. The number of aliphatic hydroxyl groups excluding tert-OH is 1. The van der Waals surface area contributed by atoms with Gasteiger partial charge in [0.15, 0.2) is 6.10 Å². The molecule has 4 N–H and O–H groups in total. The quantitative estimate of drug-likeness (QED) is 0.630. The summed E-state index contributed by atoms with van der Waals surface area (Å²) in [7, 11) is 0. The van der Waals surface area contributed by atoms with Gasteiger partial charge in [0.1, 0.15) is 6.04 Å². The number of primary amides is 1. The van der Waals surface area contributed by atoms with E-state index in [4.69, 9.17) is 5.73 Å². The molecule has 5 nitrogen and oxygen atoms in total. The fourth-order valence-electron chi connectivity index (χ4n) is 1.61. The van der Waals surface area contributed by atoms with Crippen LogP contribution in [-0.4, -0.2) is 23.0 Å². The van der Waals surface area contributed by atoms with Gasteiger partial charge < -0.3 is 16.2 Å². The van der Waals surface area contributed by atoms with Gasteiger partial charge in [0.2, 0.25) is 5.91 Å². The van der Waals surface area contributed by atoms with E-state index >= 15 is 0 Å². The van der Waals surface area contributed by atoms with Crippen molar-refractivity contribution in [2.45, 2.75) is 25.0 Å². The second-order valence-electron chi connectivity index (χ2n) is 4.14. The Morgan fingerprint density at radius 1 is 1.37 bits per heavy atom. The lowest BCUT2D eigenvalue weighted by atomic mass is 10.1. The number of carbonyl (C=O) groups is 2. The predicted octanol–water partition coefficient (Wildman–Crippen LogP) is 0.656. The third-order valence-corrected chi connectivity index (χ3v) is 2.68. The van der Waals surface area contributed by atoms with Crippen molar-refractivity contribution in [1.82, 2.24) is 5.32 Å². The number of hydrogen-bond donors (Lipinski definition) is 3. The first kappa shape index (κ1) is 14.9. The average molecular weight is 262 g/mol. The van der Waals surface area contributed by atoms with Gasteiger partial charge in [-0.15, -0.1) is 6.58 Å². The molecule has 102 valence electrons. The molecule has 0 saturated heterocycles. The van der Waals surface area contributed by atoms with Crippen LogP contribution in [0.1, 0.15) is 24.5 Å². The Hall–Kier alpha value is -2.14. The van der Waals surface area contributed by atoms with E-state index in [1.165, 1.54) is 0 Å². The highest BCUT2D eigenvalue weighted by atomic mass is 16.3. The Balaban J connectivity index is 2.66. The molecule has 0 spiro atoms. The van der Waals surface area contributed by atoms with Crippen LogP contribution >= 0.6 is 0 Å². The van der Waals surface area contributed by atoms with Crippen LogP contribution < -0.4 is 11.1 Å². The molecule has 2 amide bonds. The monoisotopic (exact) mass is 262 g/mol. The number of amides is 2. The first-order valence-corrected chi connectivity index (χ1v) is 6.00. The smallest absolute Gasteiger partial charge is 0.254 e. The summed E-state index contributed by atoms with van der Waals surface area (Å²) in [6.07, 6.45) is 1.24. The van der Waals surface area contributed by atoms with Crippen molar-refractivity contribution >= 4 is 11.8 Å². The highest BCUT2D eigenvalue weighted by molar-refractivity contribution is 5.88. The Morgan fingerprint density at radius 3 is 2.53 bits per heavy atom. The van der Waals surface area contributed by atoms with Gasteiger partial charge in [-0.25, -0.2) is 0 Å². The number of aliphatic hydroxyl groups is 1. The van der Waals surface area contributed by atoms with Crippen molar-refractivity contribution in [1.29, 1.82) is 0 Å². The zero-order valence-electron chi connectivity index (χ0n) is 10.6. The standard InChI is InChI=1S/C14H18N2O3/c1-2-3-9-11(13(15)18)16-14(19)12(17)10-7-5-4-6-8-10/h2,4-8,11-12,17H,1,3,9H2,(H2,15,18)(H,16,19)/t11-,12+/m1/s1. The van der Waals surface area contributed by atoms with Crippen LogP contribution in [0, 0.1) is 0 Å². The maximum atomic E-state index is 11.8. The number of rotatable bonds is 7. The van der Waals surface area contributed by atoms with E-state index in [1.807, 2.05) is 0 Å². The van der Waals surface area contributed by atoms with Crippen molar-refractivity contribution in [2.24, 2.45) is 5.73 Å². The number of nitrogens with one attached hydrogen (secondary N) is 1. The topological polar surface area (TPSA) is 92.4 Å². The first-order chi connectivity index (χ1) is 9.06. The fraction of sp³-hybridized carbons (Fsp3) is 0.286. The normalized spacial score (nSPS) is 13.3. The van der Waals surface area contributed by atoms with Crippen molar-refractivity contribution in [3.8, 4) is 0 Å². The summed E-state index contributed by atoms with van der Waals surface area (Å²) < 4.78 is 0. The molecule has 1 aromatic rings. The van der Waals surface area contributed by atoms with Gasteiger partial charge in [0.05, 0.1) is 0 Å². The third-order valence-electron chi connectivity index (χ3n) is 2.68. The summed E-state index contributed by atoms with van der Waals surface area (Å²) in [5.74, 6) is -1.27. The van der Waals surface area contributed by atoms with E-state index in [-0.39, 0.29) is 0 Å². The Labute approximate surface area is 112 Å². The molecular weight excluding hydrogens is 244 g/mol. The minimum atomic E-state index is -1.31. The van der Waals surface area contributed by atoms with Gasteiger partial charge in [0.25, 0.3) is 5.91 Å². The summed E-state index contributed by atoms with van der Waals surface area (Å²) in [4.78, 5) is 23.0. The van der Waals surface area contributed by atoms with Gasteiger partial charge in [-0.3, -0.25) is 9.59 Å². The maximum Gasteiger partial charge on any atom is 0.254 e. The molecule has 1 aromatic carbocycles. The van der Waals surface area contributed by atoms with Crippen LogP contribution in [0.25, 0.3) is 0 Å². The van der Waals surface area contributed by atoms with Gasteiger partial charge in [-0.05, 0) is 18.4 Å². The van der Waals surface area contributed by atoms with Gasteiger partial charge in [-0.1, -0.05) is 36.4 Å². The molecule has 0 unspecified atom stereocenters. The Morgan fingerprint density at radius 2 is 2.00 bits per heavy atom. The lowest BCUT2D eigenvalue weighted by Gasteiger charge is -2.17. The summed E-state index contributed by atoms with van der Waals surface area (Å²) in [6.45, 7) is 3.54. The van der Waals surface area contributed by atoms with Crippen molar-refractivity contribution in [3.05, 3.63) is 48.6 Å². The van der Waals surface area contributed by atoms with Gasteiger partial charge >= 0.3 is 0 Å². The number of carbonyl (C=O) groups excluding carboxylic acids is 2. The highest BCUT2D eigenvalue weighted by Crippen LogP contribution is 2.12. The molecule has 0 fully saturated rings. The number of nitrogens with two attached hydrogens (primary N) is 1. The summed E-state index contributed by atoms with van der Waals surface area (Å²) in [5.41, 5.74) is 5.66. The number of hydrogen-bond acceptors (Lipinski definition) is 3. The van der Waals surface area contributed by atoms with E-state index in [2.05, 4.69) is 11.9 Å². The fourth-order valence-corrected chi connectivity index (χ4v) is 1.61. The average Bonchev–Trinajstić information content (AvgIpc) is 2.43. The van der Waals surface area contributed by atoms with Crippen LogP contribution in [0.2, 0.25) is 0 Å². The van der Waals surface area contributed by atoms with Crippen LogP contribution in [-0.2, 0) is 9.59 Å². The number of benzene rings is 1. The van der Waals surface area contributed by atoms with E-state index in [9.17, 15) is 14.7 Å². The molecule has 5 heteroatoms. The van der Waals surface area contributed by atoms with Crippen LogP contribution in [0.3, 0.4) is 0 Å². The lowest BCUT2D eigenvalue weighted by molar-refractivity contribution is -0.133. The molecule has 0 aliphatic heterocycles. The zero-order valence-corrected chi connectivity index (χ0v) is 10.6. The summed E-state index contributed by atoms with van der Waals surface area (Å²) in [6, 6.07) is 7.68. The van der Waals surface area contributed by atoms with Crippen molar-refractivity contribution < 1.29 is 14.7 Å². The largest absolute Gasteiger partial charge is 0.378 e. The second kappa shape index (κ2) is 7.33. The maximum absolute atomic E-state index is 11.8. The Kier molecular flexibility index (Phi) is 5.75. The van der Waals surface area contributed by atoms with Gasteiger partial charge in [-0.2, -0.15) is 0 Å². The third kappa shape index (κ3) is 4.56. The Bertz CT molecular complexity index is 445. The van der Waals surface area contributed by atoms with Crippen LogP contribution in [0.4, 0.5) is 0 Å². The van der Waals surface area contributed by atoms with Crippen molar-refractivity contribution in [3.63, 3.8) is 0 Å². The molecule has 0 saturated carbocycles. The zero-order chi connectivity index (χ0) is 14.3. The minimum Gasteiger partial charge on any atom is -0.378 e. The van der Waals surface area contributed by atoms with E-state index in [0.29, 0.717) is 18.4 Å². The van der Waals surface area contributed by atoms with Crippen LogP contribution in [0.5, 0.6) is 0 Å². The first-order valence-electron chi connectivity index (χ1n) is 6.00. The highest BCUT2D eigenvalue weighted by Gasteiger charge is 2.23. The molecule has 0 aliphatic carbocycles. The molecule has 0 bridgehead atoms.